The summed E-state index contributed by atoms with van der Waals surface area (Å²) in [5, 5.41) is 12.8. The monoisotopic (exact) mass is 336 g/mol. The first kappa shape index (κ1) is 14.8. The molecule has 0 saturated heterocycles. The highest BCUT2D eigenvalue weighted by Crippen LogP contribution is 2.17. The molecule has 4 aromatic rings. The number of H-pyrrole nitrogens is 1. The first-order valence-electron chi connectivity index (χ1n) is 7.43. The van der Waals surface area contributed by atoms with Crippen molar-refractivity contribution in [3.63, 3.8) is 0 Å². The van der Waals surface area contributed by atoms with Gasteiger partial charge in [-0.1, -0.05) is 11.2 Å². The Morgan fingerprint density at radius 1 is 1.28 bits per heavy atom. The molecular weight excluding hydrogens is 324 g/mol. The van der Waals surface area contributed by atoms with Crippen LogP contribution in [0.5, 0.6) is 0 Å². The van der Waals surface area contributed by atoms with Crippen LogP contribution in [0.25, 0.3) is 17.1 Å². The Balaban J connectivity index is 1.47. The molecule has 0 spiro atoms. The van der Waals surface area contributed by atoms with Crippen LogP contribution >= 0.6 is 0 Å². The second kappa shape index (κ2) is 6.04. The molecular formula is C16H12N6O3. The number of rotatable bonds is 4. The fourth-order valence-electron chi connectivity index (χ4n) is 2.34. The van der Waals surface area contributed by atoms with Crippen LogP contribution in [-0.2, 0) is 6.54 Å². The van der Waals surface area contributed by atoms with Crippen LogP contribution in [0.1, 0.15) is 16.1 Å². The van der Waals surface area contributed by atoms with Gasteiger partial charge in [0.05, 0.1) is 12.1 Å². The van der Waals surface area contributed by atoms with Crippen molar-refractivity contribution in [3.8, 4) is 11.5 Å². The maximum atomic E-state index is 12.2. The van der Waals surface area contributed by atoms with Gasteiger partial charge in [-0.3, -0.25) is 9.78 Å². The van der Waals surface area contributed by atoms with Crippen molar-refractivity contribution >= 4 is 11.6 Å². The standard InChI is InChI=1S/C16H12N6O3/c23-15(10-4-5-14-19-20-16(24)22(14)9-10)18-8-11-7-13(25-21-11)12-3-1-2-6-17-12/h1-7,9H,8H2,(H,18,23)(H,20,24). The number of nitrogens with one attached hydrogen (secondary N) is 2. The van der Waals surface area contributed by atoms with Crippen LogP contribution in [0.4, 0.5) is 0 Å². The predicted octanol–water partition coefficient (Wildman–Crippen LogP) is 1.00. The summed E-state index contributed by atoms with van der Waals surface area (Å²) in [6.45, 7) is 0.188. The highest BCUT2D eigenvalue weighted by atomic mass is 16.5. The topological polar surface area (TPSA) is 118 Å². The summed E-state index contributed by atoms with van der Waals surface area (Å²) in [5.74, 6) is 0.189. The summed E-state index contributed by atoms with van der Waals surface area (Å²) in [6, 6.07) is 10.4. The van der Waals surface area contributed by atoms with Gasteiger partial charge >= 0.3 is 5.69 Å². The Labute approximate surface area is 140 Å². The molecule has 0 unspecified atom stereocenters. The zero-order valence-corrected chi connectivity index (χ0v) is 12.8. The van der Waals surface area contributed by atoms with Crippen molar-refractivity contribution in [1.82, 2.24) is 30.1 Å². The van der Waals surface area contributed by atoms with Gasteiger partial charge in [-0.05, 0) is 24.3 Å². The average Bonchev–Trinajstić information content (AvgIpc) is 3.27. The smallest absolute Gasteiger partial charge is 0.347 e. The molecule has 9 nitrogen and oxygen atoms in total. The summed E-state index contributed by atoms with van der Waals surface area (Å²) in [5.41, 5.74) is 1.61. The number of amides is 1. The van der Waals surface area contributed by atoms with Gasteiger partial charge in [0.15, 0.2) is 11.4 Å². The van der Waals surface area contributed by atoms with Crippen molar-refractivity contribution in [2.45, 2.75) is 6.54 Å². The van der Waals surface area contributed by atoms with Crippen LogP contribution in [0.2, 0.25) is 0 Å². The lowest BCUT2D eigenvalue weighted by molar-refractivity contribution is 0.0949. The Kier molecular flexibility index (Phi) is 3.58. The van der Waals surface area contributed by atoms with Crippen LogP contribution in [-0.4, -0.2) is 30.6 Å². The quantitative estimate of drug-likeness (QED) is 0.574. The van der Waals surface area contributed by atoms with Gasteiger partial charge in [-0.25, -0.2) is 14.3 Å². The third-order valence-electron chi connectivity index (χ3n) is 3.58. The fourth-order valence-corrected chi connectivity index (χ4v) is 2.34. The van der Waals surface area contributed by atoms with Crippen LogP contribution < -0.4 is 11.0 Å². The minimum atomic E-state index is -0.402. The number of hydrogen-bond acceptors (Lipinski definition) is 6. The van der Waals surface area contributed by atoms with Gasteiger partial charge in [0.1, 0.15) is 11.4 Å². The largest absolute Gasteiger partial charge is 0.354 e. The number of carbonyl (C=O) groups excluding carboxylic acids is 1. The Hall–Kier alpha value is -3.75. The van der Waals surface area contributed by atoms with Gasteiger partial charge in [-0.2, -0.15) is 5.10 Å². The highest BCUT2D eigenvalue weighted by Gasteiger charge is 2.11. The maximum Gasteiger partial charge on any atom is 0.347 e. The molecule has 0 radical (unpaired) electrons. The van der Waals surface area contributed by atoms with E-state index in [0.717, 1.165) is 0 Å². The summed E-state index contributed by atoms with van der Waals surface area (Å²) in [4.78, 5) is 28.0. The van der Waals surface area contributed by atoms with E-state index in [2.05, 4.69) is 25.7 Å². The van der Waals surface area contributed by atoms with Crippen LogP contribution in [0.3, 0.4) is 0 Å². The van der Waals surface area contributed by atoms with Gasteiger partial charge in [0, 0.05) is 18.5 Å². The van der Waals surface area contributed by atoms with E-state index in [4.69, 9.17) is 4.52 Å². The van der Waals surface area contributed by atoms with Crippen LogP contribution in [0.15, 0.2) is 58.1 Å². The Bertz CT molecular complexity index is 1100. The van der Waals surface area contributed by atoms with Crippen molar-refractivity contribution in [2.75, 3.05) is 0 Å². The lowest BCUT2D eigenvalue weighted by Crippen LogP contribution is -2.23. The molecule has 9 heteroatoms. The molecule has 4 heterocycles. The number of aromatic amines is 1. The normalized spacial score (nSPS) is 10.9. The molecule has 25 heavy (non-hydrogen) atoms. The molecule has 0 fully saturated rings. The number of nitrogens with zero attached hydrogens (tertiary/aromatic N) is 4. The molecule has 4 rings (SSSR count). The van der Waals surface area contributed by atoms with Gasteiger partial charge < -0.3 is 9.84 Å². The number of fused-ring (bicyclic) bond motifs is 1. The summed E-state index contributed by atoms with van der Waals surface area (Å²) < 4.78 is 6.50. The van der Waals surface area contributed by atoms with Crippen molar-refractivity contribution in [2.24, 2.45) is 0 Å². The second-order valence-corrected chi connectivity index (χ2v) is 5.25. The highest BCUT2D eigenvalue weighted by molar-refractivity contribution is 5.94. The van der Waals surface area contributed by atoms with E-state index in [-0.39, 0.29) is 12.5 Å². The lowest BCUT2D eigenvalue weighted by atomic mass is 10.2. The molecule has 0 aliphatic rings. The Morgan fingerprint density at radius 3 is 3.04 bits per heavy atom. The molecule has 2 N–H and O–H groups in total. The van der Waals surface area contributed by atoms with Gasteiger partial charge in [0.2, 0.25) is 0 Å². The molecule has 0 saturated carbocycles. The first-order valence-corrected chi connectivity index (χ1v) is 7.43. The lowest BCUT2D eigenvalue weighted by Gasteiger charge is -2.03. The third kappa shape index (κ3) is 2.90. The molecule has 124 valence electrons. The molecule has 0 aliphatic heterocycles. The number of carbonyl (C=O) groups is 1. The van der Waals surface area contributed by atoms with E-state index in [0.29, 0.717) is 28.4 Å². The van der Waals surface area contributed by atoms with E-state index in [1.807, 2.05) is 12.1 Å². The first-order chi connectivity index (χ1) is 12.2. The molecule has 0 bridgehead atoms. The number of hydrogen-bond donors (Lipinski definition) is 2. The van der Waals surface area contributed by atoms with E-state index in [9.17, 15) is 9.59 Å². The molecule has 0 atom stereocenters. The van der Waals surface area contributed by atoms with Gasteiger partial charge in [0.25, 0.3) is 5.91 Å². The molecule has 1 amide bonds. The average molecular weight is 336 g/mol. The van der Waals surface area contributed by atoms with Crippen LogP contribution in [0, 0.1) is 0 Å². The van der Waals surface area contributed by atoms with Crippen molar-refractivity contribution in [1.29, 1.82) is 0 Å². The SMILES string of the molecule is O=C(NCc1cc(-c2ccccn2)on1)c1ccc2n[nH]c(=O)n2c1. The zero-order valence-electron chi connectivity index (χ0n) is 12.8. The summed E-state index contributed by atoms with van der Waals surface area (Å²) in [7, 11) is 0. The molecule has 0 aliphatic carbocycles. The summed E-state index contributed by atoms with van der Waals surface area (Å²) >= 11 is 0. The van der Waals surface area contributed by atoms with E-state index in [1.165, 1.54) is 10.6 Å². The van der Waals surface area contributed by atoms with E-state index in [1.54, 1.807) is 30.5 Å². The number of aromatic nitrogens is 5. The molecule has 4 aromatic heterocycles. The third-order valence-corrected chi connectivity index (χ3v) is 3.58. The predicted molar refractivity (Wildman–Crippen MR) is 86.7 cm³/mol. The van der Waals surface area contributed by atoms with Crippen molar-refractivity contribution in [3.05, 3.63) is 70.5 Å². The zero-order chi connectivity index (χ0) is 17.2. The minimum Gasteiger partial charge on any atom is -0.354 e. The van der Waals surface area contributed by atoms with Gasteiger partial charge in [-0.15, -0.1) is 0 Å². The van der Waals surface area contributed by atoms with Crippen molar-refractivity contribution < 1.29 is 9.32 Å². The number of pyridine rings is 2. The maximum absolute atomic E-state index is 12.2. The van der Waals surface area contributed by atoms with E-state index >= 15 is 0 Å². The second-order valence-electron chi connectivity index (χ2n) is 5.25. The fraction of sp³-hybridized carbons (Fsp3) is 0.0625. The Morgan fingerprint density at radius 2 is 2.20 bits per heavy atom. The summed E-state index contributed by atoms with van der Waals surface area (Å²) in [6.07, 6.45) is 3.09. The minimum absolute atomic E-state index is 0.188. The van der Waals surface area contributed by atoms with E-state index < -0.39 is 5.69 Å². The molecule has 0 aromatic carbocycles.